The highest BCUT2D eigenvalue weighted by molar-refractivity contribution is 7.91. The van der Waals surface area contributed by atoms with Crippen molar-refractivity contribution in [2.75, 3.05) is 30.5 Å². The summed E-state index contributed by atoms with van der Waals surface area (Å²) in [5.74, 6) is 0.654. The van der Waals surface area contributed by atoms with Crippen molar-refractivity contribution in [2.45, 2.75) is 19.3 Å². The van der Waals surface area contributed by atoms with Gasteiger partial charge in [0.15, 0.2) is 9.84 Å². The molecule has 5 nitrogen and oxygen atoms in total. The van der Waals surface area contributed by atoms with Crippen LogP contribution in [-0.4, -0.2) is 39.5 Å². The van der Waals surface area contributed by atoms with Gasteiger partial charge in [-0.2, -0.15) is 0 Å². The number of para-hydroxylation sites is 1. The van der Waals surface area contributed by atoms with Crippen molar-refractivity contribution in [3.05, 3.63) is 29.8 Å². The van der Waals surface area contributed by atoms with Crippen molar-refractivity contribution >= 4 is 21.4 Å². The number of carbonyl (C=O) groups excluding carboxylic acids is 1. The van der Waals surface area contributed by atoms with Gasteiger partial charge in [-0.1, -0.05) is 18.2 Å². The molecule has 1 amide bonds. The Kier molecular flexibility index (Phi) is 5.36. The first-order valence-corrected chi connectivity index (χ1v) is 8.89. The van der Waals surface area contributed by atoms with Crippen molar-refractivity contribution in [3.63, 3.8) is 0 Å². The number of anilines is 1. The average molecular weight is 311 g/mol. The molecule has 6 heteroatoms. The van der Waals surface area contributed by atoms with Crippen LogP contribution in [0.15, 0.2) is 24.3 Å². The van der Waals surface area contributed by atoms with E-state index in [1.165, 1.54) is 7.11 Å². The van der Waals surface area contributed by atoms with Crippen LogP contribution in [0, 0.1) is 5.92 Å². The molecule has 1 aliphatic heterocycles. The Bertz CT molecular complexity index is 597. The fourth-order valence-electron chi connectivity index (χ4n) is 2.64. The van der Waals surface area contributed by atoms with Crippen LogP contribution in [-0.2, 0) is 25.8 Å². The largest absolute Gasteiger partial charge is 0.375 e. The van der Waals surface area contributed by atoms with Gasteiger partial charge in [0.1, 0.15) is 6.61 Å². The molecule has 1 heterocycles. The van der Waals surface area contributed by atoms with Gasteiger partial charge in [-0.15, -0.1) is 0 Å². The smallest absolute Gasteiger partial charge is 0.250 e. The molecule has 1 N–H and O–H groups in total. The highest BCUT2D eigenvalue weighted by Gasteiger charge is 2.27. The van der Waals surface area contributed by atoms with Gasteiger partial charge in [-0.05, 0) is 36.8 Å². The summed E-state index contributed by atoms with van der Waals surface area (Å²) in [5.41, 5.74) is 1.81. The standard InChI is InChI=1S/C15H21NO4S/c1-20-10-15(17)16-14-5-3-2-4-13(14)7-6-12-8-9-21(18,19)11-12/h2-5,12H,6-11H2,1H3,(H,16,17)/t12-/m0/s1. The molecule has 21 heavy (non-hydrogen) atoms. The molecule has 1 aliphatic rings. The Morgan fingerprint density at radius 3 is 2.81 bits per heavy atom. The molecule has 0 aromatic heterocycles. The third-order valence-corrected chi connectivity index (χ3v) is 5.55. The number of aryl methyl sites for hydroxylation is 1. The van der Waals surface area contributed by atoms with Crippen molar-refractivity contribution in [1.29, 1.82) is 0 Å². The summed E-state index contributed by atoms with van der Waals surface area (Å²) in [7, 11) is -1.34. The van der Waals surface area contributed by atoms with E-state index in [0.717, 1.165) is 30.5 Å². The lowest BCUT2D eigenvalue weighted by atomic mass is 9.98. The van der Waals surface area contributed by atoms with Crippen LogP contribution in [0.25, 0.3) is 0 Å². The van der Waals surface area contributed by atoms with E-state index in [2.05, 4.69) is 5.32 Å². The SMILES string of the molecule is COCC(=O)Nc1ccccc1CC[C@H]1CCS(=O)(=O)C1. The fourth-order valence-corrected chi connectivity index (χ4v) is 4.55. The van der Waals surface area contributed by atoms with Gasteiger partial charge in [0.25, 0.3) is 0 Å². The van der Waals surface area contributed by atoms with E-state index < -0.39 is 9.84 Å². The number of hydrogen-bond donors (Lipinski definition) is 1. The summed E-state index contributed by atoms with van der Waals surface area (Å²) >= 11 is 0. The Hall–Kier alpha value is -1.40. The first kappa shape index (κ1) is 16.0. The van der Waals surface area contributed by atoms with E-state index in [0.29, 0.717) is 11.5 Å². The number of nitrogens with one attached hydrogen (secondary N) is 1. The van der Waals surface area contributed by atoms with Crippen LogP contribution >= 0.6 is 0 Å². The number of rotatable bonds is 6. The van der Waals surface area contributed by atoms with Gasteiger partial charge in [0.05, 0.1) is 11.5 Å². The van der Waals surface area contributed by atoms with Gasteiger partial charge < -0.3 is 10.1 Å². The summed E-state index contributed by atoms with van der Waals surface area (Å²) in [6.45, 7) is 0.0230. The van der Waals surface area contributed by atoms with Crippen molar-refractivity contribution in [1.82, 2.24) is 0 Å². The van der Waals surface area contributed by atoms with E-state index in [4.69, 9.17) is 4.74 Å². The van der Waals surface area contributed by atoms with E-state index in [1.54, 1.807) is 0 Å². The number of ether oxygens (including phenoxy) is 1. The molecule has 0 saturated carbocycles. The zero-order valence-electron chi connectivity index (χ0n) is 12.2. The van der Waals surface area contributed by atoms with Gasteiger partial charge in [0.2, 0.25) is 5.91 Å². The molecule has 0 radical (unpaired) electrons. The minimum Gasteiger partial charge on any atom is -0.375 e. The van der Waals surface area contributed by atoms with E-state index in [-0.39, 0.29) is 18.4 Å². The maximum Gasteiger partial charge on any atom is 0.250 e. The highest BCUT2D eigenvalue weighted by atomic mass is 32.2. The monoisotopic (exact) mass is 311 g/mol. The van der Waals surface area contributed by atoms with E-state index in [9.17, 15) is 13.2 Å². The van der Waals surface area contributed by atoms with Crippen molar-refractivity contribution in [3.8, 4) is 0 Å². The number of hydrogen-bond acceptors (Lipinski definition) is 4. The lowest BCUT2D eigenvalue weighted by molar-refractivity contribution is -0.119. The second-order valence-electron chi connectivity index (χ2n) is 5.45. The minimum atomic E-state index is -2.82. The first-order valence-electron chi connectivity index (χ1n) is 7.07. The molecule has 0 spiro atoms. The van der Waals surface area contributed by atoms with Crippen LogP contribution < -0.4 is 5.32 Å². The van der Waals surface area contributed by atoms with E-state index in [1.807, 2.05) is 24.3 Å². The normalized spacial score (nSPS) is 20.3. The Morgan fingerprint density at radius 2 is 2.14 bits per heavy atom. The van der Waals surface area contributed by atoms with Crippen LogP contribution in [0.5, 0.6) is 0 Å². The first-order chi connectivity index (χ1) is 10.00. The molecule has 0 unspecified atom stereocenters. The predicted octanol–water partition coefficient (Wildman–Crippen LogP) is 1.64. The third-order valence-electron chi connectivity index (χ3n) is 3.72. The third kappa shape index (κ3) is 4.82. The van der Waals surface area contributed by atoms with E-state index >= 15 is 0 Å². The van der Waals surface area contributed by atoms with Crippen LogP contribution in [0.2, 0.25) is 0 Å². The zero-order valence-corrected chi connectivity index (χ0v) is 13.0. The van der Waals surface area contributed by atoms with Crippen LogP contribution in [0.1, 0.15) is 18.4 Å². The summed E-state index contributed by atoms with van der Waals surface area (Å²) in [5, 5.41) is 2.82. The topological polar surface area (TPSA) is 72.5 Å². The molecule has 1 saturated heterocycles. The van der Waals surface area contributed by atoms with Gasteiger partial charge >= 0.3 is 0 Å². The second kappa shape index (κ2) is 7.04. The minimum absolute atomic E-state index is 0.0230. The van der Waals surface area contributed by atoms with Gasteiger partial charge in [0, 0.05) is 12.8 Å². The maximum atomic E-state index is 11.6. The quantitative estimate of drug-likeness (QED) is 0.867. The fraction of sp³-hybridized carbons (Fsp3) is 0.533. The summed E-state index contributed by atoms with van der Waals surface area (Å²) in [4.78, 5) is 11.6. The molecule has 2 rings (SSSR count). The number of carbonyl (C=O) groups is 1. The number of benzene rings is 1. The zero-order chi connectivity index (χ0) is 15.3. The Balaban J connectivity index is 1.95. The lowest BCUT2D eigenvalue weighted by Gasteiger charge is -2.12. The molecule has 116 valence electrons. The molecule has 1 fully saturated rings. The molecular formula is C15H21NO4S. The molecule has 0 aliphatic carbocycles. The summed E-state index contributed by atoms with van der Waals surface area (Å²) in [6.07, 6.45) is 2.35. The maximum absolute atomic E-state index is 11.6. The molecule has 1 aromatic carbocycles. The predicted molar refractivity (Wildman–Crippen MR) is 82.0 cm³/mol. The molecule has 1 atom stereocenters. The highest BCUT2D eigenvalue weighted by Crippen LogP contribution is 2.25. The van der Waals surface area contributed by atoms with Crippen molar-refractivity contribution in [2.24, 2.45) is 5.92 Å². The number of methoxy groups -OCH3 is 1. The number of amides is 1. The Morgan fingerprint density at radius 1 is 1.38 bits per heavy atom. The van der Waals surface area contributed by atoms with Gasteiger partial charge in [-0.3, -0.25) is 4.79 Å². The van der Waals surface area contributed by atoms with Crippen LogP contribution in [0.4, 0.5) is 5.69 Å². The summed E-state index contributed by atoms with van der Waals surface area (Å²) in [6, 6.07) is 7.61. The van der Waals surface area contributed by atoms with Crippen molar-refractivity contribution < 1.29 is 17.9 Å². The molecule has 0 bridgehead atoms. The summed E-state index contributed by atoms with van der Waals surface area (Å²) < 4.78 is 27.7. The molecular weight excluding hydrogens is 290 g/mol. The van der Waals surface area contributed by atoms with Crippen LogP contribution in [0.3, 0.4) is 0 Å². The number of sulfone groups is 1. The lowest BCUT2D eigenvalue weighted by Crippen LogP contribution is -2.18. The van der Waals surface area contributed by atoms with Gasteiger partial charge in [-0.25, -0.2) is 8.42 Å². The molecule has 1 aromatic rings. The second-order valence-corrected chi connectivity index (χ2v) is 7.67. The average Bonchev–Trinajstić information content (AvgIpc) is 2.77. The Labute approximate surface area is 125 Å².